The standard InChI is InChI=1S/C14H21N5O3S/c1-14(2,3)22-13(21)17-11-16-8-6-7-4-5-9(10(8)23-11)19(7)12(20)18-15/h7,9H,4-6,15H2,1-3H3,(H,18,20)(H,16,17,21). The van der Waals surface area contributed by atoms with Crippen LogP contribution in [0, 0.1) is 0 Å². The van der Waals surface area contributed by atoms with Crippen molar-refractivity contribution in [1.82, 2.24) is 15.3 Å². The summed E-state index contributed by atoms with van der Waals surface area (Å²) in [5, 5.41) is 3.18. The van der Waals surface area contributed by atoms with E-state index < -0.39 is 11.7 Å². The minimum Gasteiger partial charge on any atom is -0.444 e. The molecule has 1 fully saturated rings. The van der Waals surface area contributed by atoms with E-state index in [1.807, 2.05) is 20.8 Å². The van der Waals surface area contributed by atoms with Gasteiger partial charge in [-0.25, -0.2) is 20.4 Å². The van der Waals surface area contributed by atoms with Crippen molar-refractivity contribution in [2.75, 3.05) is 5.32 Å². The fourth-order valence-electron chi connectivity index (χ4n) is 3.16. The van der Waals surface area contributed by atoms with Gasteiger partial charge in [0.2, 0.25) is 0 Å². The van der Waals surface area contributed by atoms with Crippen LogP contribution in [0.1, 0.15) is 50.2 Å². The fraction of sp³-hybridized carbons (Fsp3) is 0.643. The average molecular weight is 339 g/mol. The summed E-state index contributed by atoms with van der Waals surface area (Å²) in [6.07, 6.45) is 1.99. The van der Waals surface area contributed by atoms with Crippen LogP contribution in [0.5, 0.6) is 0 Å². The molecule has 3 amide bonds. The number of nitrogens with zero attached hydrogens (tertiary/aromatic N) is 2. The monoisotopic (exact) mass is 339 g/mol. The number of fused-ring (bicyclic) bond motifs is 4. The lowest BCUT2D eigenvalue weighted by molar-refractivity contribution is 0.0636. The summed E-state index contributed by atoms with van der Waals surface area (Å²) in [6, 6.07) is -0.162. The summed E-state index contributed by atoms with van der Waals surface area (Å²) in [5.41, 5.74) is 2.61. The average Bonchev–Trinajstić information content (AvgIpc) is 2.97. The van der Waals surface area contributed by atoms with E-state index in [1.54, 1.807) is 4.90 Å². The molecule has 1 aromatic rings. The van der Waals surface area contributed by atoms with E-state index in [-0.39, 0.29) is 18.1 Å². The van der Waals surface area contributed by atoms with Gasteiger partial charge in [-0.15, -0.1) is 0 Å². The predicted octanol–water partition coefficient (Wildman–Crippen LogP) is 2.13. The zero-order valence-electron chi connectivity index (χ0n) is 13.4. The minimum absolute atomic E-state index is 0.0148. The van der Waals surface area contributed by atoms with Crippen molar-refractivity contribution < 1.29 is 14.3 Å². The molecule has 1 aromatic heterocycles. The number of amides is 3. The second-order valence-corrected chi connectivity index (χ2v) is 7.80. The van der Waals surface area contributed by atoms with Crippen LogP contribution in [0.3, 0.4) is 0 Å². The summed E-state index contributed by atoms with van der Waals surface area (Å²) < 4.78 is 5.24. The topological polar surface area (TPSA) is 110 Å². The number of carbonyl (C=O) groups excluding carboxylic acids is 2. The van der Waals surface area contributed by atoms with Crippen LogP contribution in [0.25, 0.3) is 0 Å². The molecule has 2 aliphatic heterocycles. The summed E-state index contributed by atoms with van der Waals surface area (Å²) in [5.74, 6) is 5.28. The maximum Gasteiger partial charge on any atom is 0.413 e. The molecule has 3 heterocycles. The number of nitrogens with two attached hydrogens (primary N) is 1. The molecule has 0 saturated carbocycles. The lowest BCUT2D eigenvalue weighted by Crippen LogP contribution is -2.49. The third-order valence-electron chi connectivity index (χ3n) is 3.93. The second-order valence-electron chi connectivity index (χ2n) is 6.76. The predicted molar refractivity (Wildman–Crippen MR) is 86.0 cm³/mol. The van der Waals surface area contributed by atoms with E-state index in [4.69, 9.17) is 10.6 Å². The molecule has 126 valence electrons. The number of urea groups is 1. The number of nitrogens with one attached hydrogen (secondary N) is 2. The van der Waals surface area contributed by atoms with Crippen LogP contribution in [0.4, 0.5) is 14.7 Å². The molecule has 4 N–H and O–H groups in total. The van der Waals surface area contributed by atoms with Crippen LogP contribution >= 0.6 is 11.3 Å². The van der Waals surface area contributed by atoms with Crippen LogP contribution in [0.15, 0.2) is 0 Å². The number of hydrogen-bond donors (Lipinski definition) is 3. The molecule has 3 rings (SSSR count). The number of rotatable bonds is 1. The molecule has 23 heavy (non-hydrogen) atoms. The van der Waals surface area contributed by atoms with E-state index in [0.29, 0.717) is 11.6 Å². The SMILES string of the molecule is CC(C)(C)OC(=O)Nc1nc2c(s1)C1CCC(C2)N1C(=O)NN. The van der Waals surface area contributed by atoms with Gasteiger partial charge in [0.15, 0.2) is 5.13 Å². The Hall–Kier alpha value is -1.87. The number of anilines is 1. The van der Waals surface area contributed by atoms with Gasteiger partial charge in [-0.1, -0.05) is 11.3 Å². The minimum atomic E-state index is -0.559. The molecule has 1 saturated heterocycles. The summed E-state index contributed by atoms with van der Waals surface area (Å²) in [4.78, 5) is 31.1. The highest BCUT2D eigenvalue weighted by atomic mass is 32.1. The Morgan fingerprint density at radius 1 is 1.39 bits per heavy atom. The zero-order chi connectivity index (χ0) is 16.8. The fourth-order valence-corrected chi connectivity index (χ4v) is 4.27. The largest absolute Gasteiger partial charge is 0.444 e. The first kappa shape index (κ1) is 16.0. The first-order chi connectivity index (χ1) is 10.8. The number of ether oxygens (including phenoxy) is 1. The van der Waals surface area contributed by atoms with E-state index in [0.717, 1.165) is 23.4 Å². The van der Waals surface area contributed by atoms with Crippen molar-refractivity contribution in [3.63, 3.8) is 0 Å². The highest BCUT2D eigenvalue weighted by Crippen LogP contribution is 2.46. The number of carbonyl (C=O) groups is 2. The molecule has 0 aliphatic carbocycles. The Labute approximate surface area is 138 Å². The lowest BCUT2D eigenvalue weighted by atomic mass is 10.1. The van der Waals surface area contributed by atoms with Crippen molar-refractivity contribution in [1.29, 1.82) is 0 Å². The molecular weight excluding hydrogens is 318 g/mol. The van der Waals surface area contributed by atoms with Crippen molar-refractivity contribution in [2.24, 2.45) is 5.84 Å². The molecule has 8 nitrogen and oxygen atoms in total. The highest BCUT2D eigenvalue weighted by Gasteiger charge is 2.44. The molecule has 9 heteroatoms. The van der Waals surface area contributed by atoms with E-state index in [2.05, 4.69) is 15.7 Å². The van der Waals surface area contributed by atoms with Gasteiger partial charge >= 0.3 is 12.1 Å². The molecule has 2 aliphatic rings. The molecule has 0 spiro atoms. The zero-order valence-corrected chi connectivity index (χ0v) is 14.2. The van der Waals surface area contributed by atoms with E-state index in [9.17, 15) is 9.59 Å². The van der Waals surface area contributed by atoms with Crippen LogP contribution < -0.4 is 16.6 Å². The van der Waals surface area contributed by atoms with Gasteiger partial charge in [0.25, 0.3) is 0 Å². The lowest BCUT2D eigenvalue weighted by Gasteiger charge is -2.33. The number of hydrogen-bond acceptors (Lipinski definition) is 6. The first-order valence-corrected chi connectivity index (χ1v) is 8.38. The van der Waals surface area contributed by atoms with E-state index in [1.165, 1.54) is 11.3 Å². The smallest absolute Gasteiger partial charge is 0.413 e. The Morgan fingerprint density at radius 3 is 2.78 bits per heavy atom. The van der Waals surface area contributed by atoms with Crippen molar-refractivity contribution in [3.8, 4) is 0 Å². The normalized spacial score (nSPS) is 22.5. The highest BCUT2D eigenvalue weighted by molar-refractivity contribution is 7.16. The Kier molecular flexibility index (Phi) is 3.93. The maximum absolute atomic E-state index is 12.0. The number of hydrazine groups is 1. The summed E-state index contributed by atoms with van der Waals surface area (Å²) >= 11 is 1.40. The molecule has 0 radical (unpaired) electrons. The van der Waals surface area contributed by atoms with Crippen LogP contribution in [0.2, 0.25) is 0 Å². The van der Waals surface area contributed by atoms with Crippen molar-refractivity contribution in [3.05, 3.63) is 10.6 Å². The molecule has 0 aromatic carbocycles. The Bertz CT molecular complexity index is 639. The van der Waals surface area contributed by atoms with Crippen molar-refractivity contribution in [2.45, 2.75) is 57.7 Å². The van der Waals surface area contributed by atoms with Crippen LogP contribution in [-0.2, 0) is 11.2 Å². The third-order valence-corrected chi connectivity index (χ3v) is 5.04. The molecule has 2 bridgehead atoms. The third kappa shape index (κ3) is 3.11. The second kappa shape index (κ2) is 5.64. The van der Waals surface area contributed by atoms with Gasteiger partial charge in [0.1, 0.15) is 5.60 Å². The molecular formula is C14H21N5O3S. The van der Waals surface area contributed by atoms with Gasteiger partial charge in [-0.2, -0.15) is 0 Å². The Morgan fingerprint density at radius 2 is 2.13 bits per heavy atom. The van der Waals surface area contributed by atoms with Gasteiger partial charge in [0.05, 0.1) is 16.6 Å². The number of aromatic nitrogens is 1. The number of thiazole rings is 1. The Balaban J connectivity index is 1.77. The quantitative estimate of drug-likeness (QED) is 0.412. The molecule has 2 unspecified atom stereocenters. The van der Waals surface area contributed by atoms with Gasteiger partial charge in [-0.05, 0) is 33.6 Å². The van der Waals surface area contributed by atoms with E-state index >= 15 is 0 Å². The van der Waals surface area contributed by atoms with Gasteiger partial charge < -0.3 is 9.64 Å². The summed E-state index contributed by atoms with van der Waals surface area (Å²) in [6.45, 7) is 5.42. The first-order valence-electron chi connectivity index (χ1n) is 7.57. The summed E-state index contributed by atoms with van der Waals surface area (Å²) in [7, 11) is 0. The van der Waals surface area contributed by atoms with Gasteiger partial charge in [-0.3, -0.25) is 10.7 Å². The molecule has 2 atom stereocenters. The van der Waals surface area contributed by atoms with Gasteiger partial charge in [0, 0.05) is 12.5 Å². The van der Waals surface area contributed by atoms with Crippen molar-refractivity contribution >= 4 is 28.6 Å². The maximum atomic E-state index is 12.0. The van der Waals surface area contributed by atoms with Crippen LogP contribution in [-0.4, -0.2) is 33.7 Å².